The number of thiocarbonyl (C=S) groups is 1. The molecule has 2 rings (SSSR count). The van der Waals surface area contributed by atoms with Crippen molar-refractivity contribution in [3.63, 3.8) is 0 Å². The zero-order valence-corrected chi connectivity index (χ0v) is 17.0. The highest BCUT2D eigenvalue weighted by Crippen LogP contribution is 2.21. The van der Waals surface area contributed by atoms with E-state index in [4.69, 9.17) is 12.2 Å². The molecule has 1 aromatic carbocycles. The molecule has 1 aliphatic rings. The van der Waals surface area contributed by atoms with Gasteiger partial charge in [-0.1, -0.05) is 33.1 Å². The molecule has 7 heteroatoms. The summed E-state index contributed by atoms with van der Waals surface area (Å²) in [5.74, 6) is 0.400. The lowest BCUT2D eigenvalue weighted by Gasteiger charge is -2.17. The van der Waals surface area contributed by atoms with Gasteiger partial charge in [-0.05, 0) is 55.2 Å². The average molecular weight is 391 g/mol. The van der Waals surface area contributed by atoms with Gasteiger partial charge in [-0.25, -0.2) is 0 Å². The lowest BCUT2D eigenvalue weighted by Crippen LogP contribution is -2.47. The fourth-order valence-electron chi connectivity index (χ4n) is 3.06. The molecule has 1 aromatic rings. The van der Waals surface area contributed by atoms with Crippen LogP contribution in [0.25, 0.3) is 0 Å². The zero-order chi connectivity index (χ0) is 19.6. The van der Waals surface area contributed by atoms with Gasteiger partial charge in [0.25, 0.3) is 5.91 Å². The summed E-state index contributed by atoms with van der Waals surface area (Å²) >= 11 is 5.20. The summed E-state index contributed by atoms with van der Waals surface area (Å²) in [6.07, 6.45) is 6.35. The van der Waals surface area contributed by atoms with Crippen molar-refractivity contribution in [1.29, 1.82) is 0 Å². The summed E-state index contributed by atoms with van der Waals surface area (Å²) in [6, 6.07) is 7.02. The van der Waals surface area contributed by atoms with Crippen molar-refractivity contribution >= 4 is 34.8 Å². The van der Waals surface area contributed by atoms with Crippen LogP contribution in [0.1, 0.15) is 62.7 Å². The minimum Gasteiger partial charge on any atom is -0.361 e. The van der Waals surface area contributed by atoms with Crippen molar-refractivity contribution in [1.82, 2.24) is 16.2 Å². The topological polar surface area (TPSA) is 73.5 Å². The second-order valence-corrected chi connectivity index (χ2v) is 7.49. The van der Waals surface area contributed by atoms with E-state index in [0.717, 1.165) is 25.2 Å². The molecule has 1 saturated heterocycles. The molecule has 3 N–H and O–H groups in total. The Bertz CT molecular complexity index is 648. The van der Waals surface area contributed by atoms with Crippen molar-refractivity contribution in [2.24, 2.45) is 5.92 Å². The number of carbonyl (C=O) groups is 2. The minimum atomic E-state index is -0.269. The van der Waals surface area contributed by atoms with Crippen LogP contribution < -0.4 is 21.1 Å². The van der Waals surface area contributed by atoms with E-state index in [0.29, 0.717) is 23.0 Å². The van der Waals surface area contributed by atoms with E-state index >= 15 is 0 Å². The largest absolute Gasteiger partial charge is 0.361 e. The lowest BCUT2D eigenvalue weighted by molar-refractivity contribution is -0.117. The minimum absolute atomic E-state index is 0.134. The van der Waals surface area contributed by atoms with Gasteiger partial charge in [0.1, 0.15) is 0 Å². The number of amides is 2. The number of benzene rings is 1. The molecular formula is C20H30N4O2S. The number of carbonyl (C=O) groups excluding carboxylic acids is 2. The average Bonchev–Trinajstić information content (AvgIpc) is 3.10. The summed E-state index contributed by atoms with van der Waals surface area (Å²) in [7, 11) is 0. The highest BCUT2D eigenvalue weighted by atomic mass is 32.1. The fourth-order valence-corrected chi connectivity index (χ4v) is 3.19. The van der Waals surface area contributed by atoms with Crippen molar-refractivity contribution in [2.45, 2.75) is 52.4 Å². The Balaban J connectivity index is 1.71. The number of nitrogens with zero attached hydrogens (tertiary/aromatic N) is 1. The van der Waals surface area contributed by atoms with Crippen LogP contribution in [0, 0.1) is 5.92 Å². The van der Waals surface area contributed by atoms with Gasteiger partial charge in [0.2, 0.25) is 5.91 Å². The van der Waals surface area contributed by atoms with Crippen LogP contribution in [0.4, 0.5) is 5.69 Å². The molecule has 2 amide bonds. The van der Waals surface area contributed by atoms with E-state index in [1.807, 2.05) is 0 Å². The quantitative estimate of drug-likeness (QED) is 0.361. The highest BCUT2D eigenvalue weighted by Gasteiger charge is 2.21. The number of unbranched alkanes of at least 4 members (excludes halogenated alkanes) is 2. The van der Waals surface area contributed by atoms with Gasteiger partial charge in [-0.2, -0.15) is 0 Å². The number of anilines is 1. The summed E-state index contributed by atoms with van der Waals surface area (Å²) in [5, 5.41) is 3.54. The van der Waals surface area contributed by atoms with Gasteiger partial charge >= 0.3 is 0 Å². The summed E-state index contributed by atoms with van der Waals surface area (Å²) in [6.45, 7) is 5.91. The maximum Gasteiger partial charge on any atom is 0.269 e. The predicted octanol–water partition coefficient (Wildman–Crippen LogP) is 3.14. The number of nitrogens with one attached hydrogen (secondary N) is 3. The third-order valence-electron chi connectivity index (χ3n) is 4.72. The van der Waals surface area contributed by atoms with E-state index < -0.39 is 0 Å². The van der Waals surface area contributed by atoms with E-state index in [1.165, 1.54) is 25.7 Å². The molecule has 1 heterocycles. The third-order valence-corrected chi connectivity index (χ3v) is 4.96. The normalized spacial score (nSPS) is 14.7. The molecule has 0 unspecified atom stereocenters. The van der Waals surface area contributed by atoms with Crippen molar-refractivity contribution < 1.29 is 9.59 Å². The second kappa shape index (κ2) is 10.9. The maximum absolute atomic E-state index is 12.2. The smallest absolute Gasteiger partial charge is 0.269 e. The van der Waals surface area contributed by atoms with Gasteiger partial charge in [0.05, 0.1) is 0 Å². The molecular weight excluding hydrogens is 360 g/mol. The first-order chi connectivity index (χ1) is 13.0. The Kier molecular flexibility index (Phi) is 8.51. The Morgan fingerprint density at radius 3 is 2.59 bits per heavy atom. The van der Waals surface area contributed by atoms with Crippen molar-refractivity contribution in [2.75, 3.05) is 18.0 Å². The van der Waals surface area contributed by atoms with Crippen LogP contribution in [0.15, 0.2) is 24.3 Å². The maximum atomic E-state index is 12.2. The number of hydrogen-bond acceptors (Lipinski definition) is 3. The van der Waals surface area contributed by atoms with E-state index in [2.05, 4.69) is 30.0 Å². The highest BCUT2D eigenvalue weighted by molar-refractivity contribution is 7.80. The SMILES string of the molecule is CCCCC[C@H](C)CNC(=S)NNC(=O)c1ccc(N2CCCC2=O)cc1. The standard InChI is InChI=1S/C20H30N4O2S/c1-3-4-5-7-15(2)14-21-20(27)23-22-19(26)16-9-11-17(12-10-16)24-13-6-8-18(24)25/h9-12,15H,3-8,13-14H2,1-2H3,(H,22,26)(H2,21,23,27)/t15-/m0/s1. The van der Waals surface area contributed by atoms with E-state index in [9.17, 15) is 9.59 Å². The van der Waals surface area contributed by atoms with E-state index in [-0.39, 0.29) is 11.8 Å². The molecule has 0 saturated carbocycles. The predicted molar refractivity (Wildman–Crippen MR) is 113 cm³/mol. The van der Waals surface area contributed by atoms with Crippen molar-refractivity contribution in [3.05, 3.63) is 29.8 Å². The van der Waals surface area contributed by atoms with Gasteiger partial charge in [-0.3, -0.25) is 20.4 Å². The molecule has 27 heavy (non-hydrogen) atoms. The van der Waals surface area contributed by atoms with Crippen LogP contribution in [-0.4, -0.2) is 30.0 Å². The van der Waals surface area contributed by atoms with Crippen LogP contribution in [-0.2, 0) is 4.79 Å². The van der Waals surface area contributed by atoms with Crippen LogP contribution in [0.5, 0.6) is 0 Å². The first-order valence-electron chi connectivity index (χ1n) is 9.76. The molecule has 0 bridgehead atoms. The molecule has 148 valence electrons. The van der Waals surface area contributed by atoms with Crippen LogP contribution in [0.3, 0.4) is 0 Å². The molecule has 0 spiro atoms. The Morgan fingerprint density at radius 2 is 1.96 bits per heavy atom. The molecule has 0 aliphatic carbocycles. The van der Waals surface area contributed by atoms with Crippen LogP contribution in [0.2, 0.25) is 0 Å². The monoisotopic (exact) mass is 390 g/mol. The van der Waals surface area contributed by atoms with Gasteiger partial charge in [0.15, 0.2) is 5.11 Å². The van der Waals surface area contributed by atoms with Crippen LogP contribution >= 0.6 is 12.2 Å². The fraction of sp³-hybridized carbons (Fsp3) is 0.550. The molecule has 1 atom stereocenters. The van der Waals surface area contributed by atoms with Gasteiger partial charge in [0, 0.05) is 30.8 Å². The molecule has 1 fully saturated rings. The number of rotatable bonds is 8. The summed E-state index contributed by atoms with van der Waals surface area (Å²) in [4.78, 5) is 25.7. The Labute approximate surface area is 167 Å². The first kappa shape index (κ1) is 21.2. The Hall–Kier alpha value is -2.15. The van der Waals surface area contributed by atoms with E-state index in [1.54, 1.807) is 29.2 Å². The molecule has 0 radical (unpaired) electrons. The van der Waals surface area contributed by atoms with Crippen molar-refractivity contribution in [3.8, 4) is 0 Å². The molecule has 1 aliphatic heterocycles. The Morgan fingerprint density at radius 1 is 1.22 bits per heavy atom. The molecule has 6 nitrogen and oxygen atoms in total. The molecule has 0 aromatic heterocycles. The zero-order valence-electron chi connectivity index (χ0n) is 16.2. The van der Waals surface area contributed by atoms with Gasteiger partial charge < -0.3 is 10.2 Å². The number of hydrazine groups is 1. The summed E-state index contributed by atoms with van der Waals surface area (Å²) in [5.41, 5.74) is 6.67. The number of hydrogen-bond donors (Lipinski definition) is 3. The van der Waals surface area contributed by atoms with Gasteiger partial charge in [-0.15, -0.1) is 0 Å². The first-order valence-corrected chi connectivity index (χ1v) is 10.2. The third kappa shape index (κ3) is 6.82. The summed E-state index contributed by atoms with van der Waals surface area (Å²) < 4.78 is 0. The second-order valence-electron chi connectivity index (χ2n) is 7.09. The lowest BCUT2D eigenvalue weighted by atomic mass is 10.0.